The van der Waals surface area contributed by atoms with Crippen LogP contribution in [-0.2, 0) is 21.7 Å². The minimum Gasteiger partial charge on any atom is -0.496 e. The molecule has 0 aromatic heterocycles. The van der Waals surface area contributed by atoms with Crippen LogP contribution >= 0.6 is 7.92 Å². The zero-order valence-electron chi connectivity index (χ0n) is 32.9. The van der Waals surface area contributed by atoms with Gasteiger partial charge in [0, 0.05) is 33.4 Å². The highest BCUT2D eigenvalue weighted by molar-refractivity contribution is 7.80. The van der Waals surface area contributed by atoms with Crippen molar-refractivity contribution in [3.63, 3.8) is 0 Å². The third-order valence-corrected chi connectivity index (χ3v) is 12.0. The first kappa shape index (κ1) is 36.9. The molecular weight excluding hydrogens is 655 g/mol. The monoisotopic (exact) mass is 709 g/mol. The summed E-state index contributed by atoms with van der Waals surface area (Å²) in [6.45, 7) is 27.4. The molecule has 0 saturated heterocycles. The van der Waals surface area contributed by atoms with Crippen LogP contribution in [0.25, 0.3) is 11.1 Å². The Kier molecular flexibility index (Phi) is 9.37. The number of rotatable bonds is 6. The Morgan fingerprint density at radius 3 is 1.37 bits per heavy atom. The third kappa shape index (κ3) is 6.77. The highest BCUT2D eigenvalue weighted by Gasteiger charge is 2.36. The second kappa shape index (κ2) is 13.0. The zero-order chi connectivity index (χ0) is 37.3. The van der Waals surface area contributed by atoms with Gasteiger partial charge in [-0.25, -0.2) is 0 Å². The summed E-state index contributed by atoms with van der Waals surface area (Å²) in [6.07, 6.45) is 0. The van der Waals surface area contributed by atoms with Gasteiger partial charge in [0.15, 0.2) is 23.0 Å². The summed E-state index contributed by atoms with van der Waals surface area (Å²) >= 11 is 0. The van der Waals surface area contributed by atoms with E-state index in [9.17, 15) is 0 Å². The summed E-state index contributed by atoms with van der Waals surface area (Å²) in [4.78, 5) is 0. The molecular formula is C44H54O6P. The average Bonchev–Trinajstić information content (AvgIpc) is 3.72. The predicted octanol–water partition coefficient (Wildman–Crippen LogP) is 9.58. The van der Waals surface area contributed by atoms with E-state index in [0.717, 1.165) is 27.9 Å². The molecule has 1 radical (unpaired) electrons. The minimum absolute atomic E-state index is 0.145. The van der Waals surface area contributed by atoms with Gasteiger partial charge in [-0.05, 0) is 100 Å². The Hall–Kier alpha value is -3.89. The second-order valence-corrected chi connectivity index (χ2v) is 19.8. The van der Waals surface area contributed by atoms with Gasteiger partial charge >= 0.3 is 0 Å². The lowest BCUT2D eigenvalue weighted by Gasteiger charge is -2.34. The van der Waals surface area contributed by atoms with E-state index in [0.29, 0.717) is 23.0 Å². The van der Waals surface area contributed by atoms with Crippen molar-refractivity contribution >= 4 is 23.8 Å². The predicted molar refractivity (Wildman–Crippen MR) is 210 cm³/mol. The first-order chi connectivity index (χ1) is 23.8. The number of hydrogen-bond acceptors (Lipinski definition) is 6. The Morgan fingerprint density at radius 2 is 0.961 bits per heavy atom. The fourth-order valence-electron chi connectivity index (χ4n) is 7.03. The van der Waals surface area contributed by atoms with E-state index in [1.165, 1.54) is 32.9 Å². The lowest BCUT2D eigenvalue weighted by molar-refractivity contribution is 0.173. The molecule has 0 N–H and O–H groups in total. The molecule has 0 bridgehead atoms. The standard InChI is InChI=1S/C44H54O6P/c1-41(2,3)29-20-26(21-30(38(29)45-13)42(4,5)6)51(27-22-31(43(7,8)9)39(46-14)32(23-27)44(10,11)12)35-19-18-34-40(50-25-48-34)36(35)28-16-15-17-33-37(28)49-24-47-33/h15,17-23H,24-25H2,1-14H3. The molecule has 2 aliphatic rings. The third-order valence-electron chi connectivity index (χ3n) is 9.64. The van der Waals surface area contributed by atoms with E-state index in [1.54, 1.807) is 14.2 Å². The van der Waals surface area contributed by atoms with Crippen molar-refractivity contribution in [2.24, 2.45) is 0 Å². The lowest BCUT2D eigenvalue weighted by Crippen LogP contribution is -2.29. The van der Waals surface area contributed by atoms with Crippen molar-refractivity contribution < 1.29 is 28.4 Å². The van der Waals surface area contributed by atoms with E-state index in [-0.39, 0.29) is 35.2 Å². The molecule has 4 aromatic rings. The summed E-state index contributed by atoms with van der Waals surface area (Å²) in [6, 6.07) is 21.1. The minimum atomic E-state index is -1.25. The maximum Gasteiger partial charge on any atom is 0.231 e. The number of fused-ring (bicyclic) bond motifs is 2. The van der Waals surface area contributed by atoms with Gasteiger partial charge in [0.25, 0.3) is 0 Å². The van der Waals surface area contributed by atoms with Crippen molar-refractivity contribution in [2.75, 3.05) is 27.8 Å². The Balaban J connectivity index is 1.81. The van der Waals surface area contributed by atoms with E-state index in [2.05, 4.69) is 126 Å². The molecule has 51 heavy (non-hydrogen) atoms. The van der Waals surface area contributed by atoms with Crippen LogP contribution in [0.5, 0.6) is 34.5 Å². The molecule has 0 amide bonds. The second-order valence-electron chi connectivity index (χ2n) is 17.6. The van der Waals surface area contributed by atoms with Crippen LogP contribution in [0.2, 0.25) is 0 Å². The number of methoxy groups -OCH3 is 2. The number of benzene rings is 4. The summed E-state index contributed by atoms with van der Waals surface area (Å²) in [5, 5.41) is 3.55. The van der Waals surface area contributed by atoms with Crippen LogP contribution in [0.3, 0.4) is 0 Å². The van der Waals surface area contributed by atoms with Gasteiger partial charge in [-0.1, -0.05) is 83.1 Å². The molecule has 2 aliphatic heterocycles. The van der Waals surface area contributed by atoms with Crippen LogP contribution < -0.4 is 44.3 Å². The molecule has 6 rings (SSSR count). The summed E-state index contributed by atoms with van der Waals surface area (Å²) in [5.74, 6) is 4.65. The number of hydrogen-bond donors (Lipinski definition) is 0. The van der Waals surface area contributed by atoms with Crippen molar-refractivity contribution in [2.45, 2.75) is 105 Å². The van der Waals surface area contributed by atoms with Gasteiger partial charge in [-0.2, -0.15) is 0 Å². The molecule has 0 atom stereocenters. The van der Waals surface area contributed by atoms with Crippen molar-refractivity contribution in [3.8, 4) is 45.6 Å². The van der Waals surface area contributed by atoms with Crippen LogP contribution in [-0.4, -0.2) is 27.8 Å². The highest BCUT2D eigenvalue weighted by Crippen LogP contribution is 2.53. The van der Waals surface area contributed by atoms with Gasteiger partial charge < -0.3 is 28.4 Å². The van der Waals surface area contributed by atoms with Crippen LogP contribution in [0, 0.1) is 6.07 Å². The first-order valence-electron chi connectivity index (χ1n) is 17.7. The topological polar surface area (TPSA) is 55.4 Å². The average molecular weight is 710 g/mol. The highest BCUT2D eigenvalue weighted by atomic mass is 31.1. The first-order valence-corrected chi connectivity index (χ1v) is 19.1. The summed E-state index contributed by atoms with van der Waals surface area (Å²) in [5.41, 5.74) is 5.65. The molecule has 2 heterocycles. The lowest BCUT2D eigenvalue weighted by atomic mass is 9.79. The molecule has 0 saturated carbocycles. The van der Waals surface area contributed by atoms with Gasteiger partial charge in [0.2, 0.25) is 13.6 Å². The Morgan fingerprint density at radius 1 is 0.549 bits per heavy atom. The zero-order valence-corrected chi connectivity index (χ0v) is 33.8. The van der Waals surface area contributed by atoms with Crippen molar-refractivity contribution in [3.05, 3.63) is 76.9 Å². The molecule has 0 unspecified atom stereocenters. The Labute approximate surface area is 306 Å². The van der Waals surface area contributed by atoms with Crippen molar-refractivity contribution in [1.82, 2.24) is 0 Å². The van der Waals surface area contributed by atoms with Gasteiger partial charge in [0.05, 0.1) is 14.2 Å². The number of ether oxygens (including phenoxy) is 6. The van der Waals surface area contributed by atoms with E-state index in [4.69, 9.17) is 28.4 Å². The fraction of sp³-hybridized carbons (Fsp3) is 0.455. The fourth-order valence-corrected chi connectivity index (χ4v) is 9.58. The maximum atomic E-state index is 6.32. The van der Waals surface area contributed by atoms with Crippen LogP contribution in [0.15, 0.2) is 48.5 Å². The summed E-state index contributed by atoms with van der Waals surface area (Å²) in [7, 11) is 2.33. The van der Waals surface area contributed by atoms with Crippen LogP contribution in [0.1, 0.15) is 105 Å². The molecule has 0 aliphatic carbocycles. The van der Waals surface area contributed by atoms with E-state index in [1.807, 2.05) is 12.1 Å². The normalized spacial score (nSPS) is 14.3. The van der Waals surface area contributed by atoms with E-state index >= 15 is 0 Å². The van der Waals surface area contributed by atoms with Gasteiger partial charge in [-0.15, -0.1) is 0 Å². The maximum absolute atomic E-state index is 6.32. The SMILES string of the molecule is COc1c(C(C)(C)C)cc(P(c2cc(C(C)(C)C)c(OC)c(C(C)(C)C)c2)c2ccc3c(c2-c2[c]ccc4c2OCO4)OCO3)cc1C(C)(C)C. The molecule has 0 spiro atoms. The largest absolute Gasteiger partial charge is 0.496 e. The molecule has 0 fully saturated rings. The molecule has 4 aromatic carbocycles. The smallest absolute Gasteiger partial charge is 0.231 e. The van der Waals surface area contributed by atoms with Gasteiger partial charge in [0.1, 0.15) is 11.5 Å². The van der Waals surface area contributed by atoms with E-state index < -0.39 is 7.92 Å². The summed E-state index contributed by atoms with van der Waals surface area (Å²) < 4.78 is 36.9. The molecule has 271 valence electrons. The van der Waals surface area contributed by atoms with Gasteiger partial charge in [-0.3, -0.25) is 0 Å². The molecule has 7 heteroatoms. The quantitative estimate of drug-likeness (QED) is 0.186. The molecule has 6 nitrogen and oxygen atoms in total. The van der Waals surface area contributed by atoms with Crippen LogP contribution in [0.4, 0.5) is 0 Å². The van der Waals surface area contributed by atoms with Crippen molar-refractivity contribution in [1.29, 1.82) is 0 Å². The Bertz CT molecular complexity index is 1810.